The molecule has 2 aromatic rings. The fourth-order valence-corrected chi connectivity index (χ4v) is 2.24. The van der Waals surface area contributed by atoms with Crippen LogP contribution in [-0.4, -0.2) is 24.3 Å². The lowest BCUT2D eigenvalue weighted by atomic mass is 10.00. The van der Waals surface area contributed by atoms with Crippen molar-refractivity contribution in [3.8, 4) is 11.5 Å². The maximum atomic E-state index is 11.5. The molecule has 4 heteroatoms. The summed E-state index contributed by atoms with van der Waals surface area (Å²) in [6.07, 6.45) is -0.618. The molecule has 0 aliphatic carbocycles. The van der Waals surface area contributed by atoms with Gasteiger partial charge in [0, 0.05) is 12.5 Å². The highest BCUT2D eigenvalue weighted by molar-refractivity contribution is 5.73. The van der Waals surface area contributed by atoms with Gasteiger partial charge in [0.05, 0.1) is 7.11 Å². The average molecular weight is 300 g/mol. The lowest BCUT2D eigenvalue weighted by Crippen LogP contribution is -2.29. The van der Waals surface area contributed by atoms with E-state index in [4.69, 9.17) is 9.47 Å². The maximum absolute atomic E-state index is 11.5. The highest BCUT2D eigenvalue weighted by atomic mass is 16.5. The maximum Gasteiger partial charge on any atom is 0.345 e. The molecule has 0 spiro atoms. The number of benzene rings is 2. The van der Waals surface area contributed by atoms with E-state index in [0.29, 0.717) is 17.9 Å². The van der Waals surface area contributed by atoms with E-state index in [-0.39, 0.29) is 0 Å². The first-order chi connectivity index (χ1) is 10.5. The molecule has 0 fully saturated rings. The molecule has 4 nitrogen and oxygen atoms in total. The average Bonchev–Trinajstić information content (AvgIpc) is 2.50. The molecular weight excluding hydrogens is 280 g/mol. The summed E-state index contributed by atoms with van der Waals surface area (Å²) in [4.78, 5) is 11.5. The van der Waals surface area contributed by atoms with Gasteiger partial charge in [0.2, 0.25) is 0 Å². The molecule has 0 bridgehead atoms. The van der Waals surface area contributed by atoms with Crippen LogP contribution in [0.3, 0.4) is 0 Å². The summed E-state index contributed by atoms with van der Waals surface area (Å²) >= 11 is 0. The van der Waals surface area contributed by atoms with E-state index in [1.165, 1.54) is 0 Å². The van der Waals surface area contributed by atoms with Gasteiger partial charge in [-0.05, 0) is 37.1 Å². The van der Waals surface area contributed by atoms with E-state index < -0.39 is 12.1 Å². The predicted molar refractivity (Wildman–Crippen MR) is 84.7 cm³/mol. The number of methoxy groups -OCH3 is 1. The molecule has 0 heterocycles. The van der Waals surface area contributed by atoms with Gasteiger partial charge in [-0.25, -0.2) is 4.79 Å². The Bertz CT molecular complexity index is 664. The number of carboxylic acids is 1. The number of aliphatic carboxylic acids is 1. The molecule has 0 saturated carbocycles. The quantitative estimate of drug-likeness (QED) is 0.888. The molecule has 2 aromatic carbocycles. The highest BCUT2D eigenvalue weighted by Crippen LogP contribution is 2.22. The van der Waals surface area contributed by atoms with Crippen LogP contribution in [-0.2, 0) is 11.2 Å². The van der Waals surface area contributed by atoms with Gasteiger partial charge in [-0.15, -0.1) is 0 Å². The minimum atomic E-state index is -0.983. The van der Waals surface area contributed by atoms with Crippen LogP contribution in [0.2, 0.25) is 0 Å². The van der Waals surface area contributed by atoms with E-state index in [9.17, 15) is 9.90 Å². The lowest BCUT2D eigenvalue weighted by Gasteiger charge is -2.17. The summed E-state index contributed by atoms with van der Waals surface area (Å²) in [5, 5.41) is 9.43. The van der Waals surface area contributed by atoms with E-state index in [2.05, 4.69) is 0 Å². The van der Waals surface area contributed by atoms with Gasteiger partial charge in [-0.2, -0.15) is 0 Å². The van der Waals surface area contributed by atoms with Crippen molar-refractivity contribution in [3.63, 3.8) is 0 Å². The molecule has 22 heavy (non-hydrogen) atoms. The van der Waals surface area contributed by atoms with Gasteiger partial charge in [-0.1, -0.05) is 29.8 Å². The van der Waals surface area contributed by atoms with Crippen molar-refractivity contribution in [1.82, 2.24) is 0 Å². The molecule has 0 aliphatic rings. The van der Waals surface area contributed by atoms with E-state index in [1.54, 1.807) is 31.4 Å². The molecule has 1 atom stereocenters. The zero-order valence-electron chi connectivity index (χ0n) is 13.0. The van der Waals surface area contributed by atoms with Crippen molar-refractivity contribution in [2.75, 3.05) is 7.11 Å². The first kappa shape index (κ1) is 15.9. The predicted octanol–water partition coefficient (Wildman–Crippen LogP) is 3.39. The number of hydrogen-bond acceptors (Lipinski definition) is 3. The van der Waals surface area contributed by atoms with Gasteiger partial charge in [0.15, 0.2) is 6.10 Å². The first-order valence-corrected chi connectivity index (χ1v) is 7.09. The Kier molecular flexibility index (Phi) is 5.04. The number of carboxylic acid groups (broad SMARTS) is 1. The van der Waals surface area contributed by atoms with Gasteiger partial charge in [0.1, 0.15) is 11.5 Å². The summed E-state index contributed by atoms with van der Waals surface area (Å²) in [5.74, 6) is 0.133. The summed E-state index contributed by atoms with van der Waals surface area (Å²) in [6, 6.07) is 13.0. The third-order valence-electron chi connectivity index (χ3n) is 3.50. The highest BCUT2D eigenvalue weighted by Gasteiger charge is 2.21. The molecule has 0 aliphatic heterocycles. The number of hydrogen-bond donors (Lipinski definition) is 1. The SMILES string of the molecule is COc1cccc(O[C@H](Cc2cc(C)ccc2C)C(=O)O)c1. The topological polar surface area (TPSA) is 55.8 Å². The Balaban J connectivity index is 2.19. The van der Waals surface area contributed by atoms with Crippen molar-refractivity contribution in [2.24, 2.45) is 0 Å². The molecule has 0 amide bonds. The summed E-state index contributed by atoms with van der Waals surface area (Å²) in [6.45, 7) is 3.96. The van der Waals surface area contributed by atoms with Crippen LogP contribution >= 0.6 is 0 Å². The molecule has 2 rings (SSSR count). The van der Waals surface area contributed by atoms with Crippen LogP contribution in [0, 0.1) is 13.8 Å². The molecule has 116 valence electrons. The molecule has 0 aromatic heterocycles. The van der Waals surface area contributed by atoms with E-state index in [1.807, 2.05) is 32.0 Å². The number of aryl methyl sites for hydroxylation is 2. The van der Waals surface area contributed by atoms with E-state index >= 15 is 0 Å². The Hall–Kier alpha value is -2.49. The fraction of sp³-hybridized carbons (Fsp3) is 0.278. The second-order valence-corrected chi connectivity index (χ2v) is 5.26. The minimum absolute atomic E-state index is 0.320. The third-order valence-corrected chi connectivity index (χ3v) is 3.50. The van der Waals surface area contributed by atoms with Crippen LogP contribution in [0.1, 0.15) is 16.7 Å². The Morgan fingerprint density at radius 3 is 2.55 bits per heavy atom. The standard InChI is InChI=1S/C18H20O4/c1-12-7-8-13(2)14(9-12)10-17(18(19)20)22-16-6-4-5-15(11-16)21-3/h4-9,11,17H,10H2,1-3H3,(H,19,20)/t17-/m1/s1. The molecule has 0 unspecified atom stereocenters. The van der Waals surface area contributed by atoms with Crippen molar-refractivity contribution in [1.29, 1.82) is 0 Å². The third kappa shape index (κ3) is 4.01. The lowest BCUT2D eigenvalue weighted by molar-refractivity contribution is -0.145. The largest absolute Gasteiger partial charge is 0.497 e. The van der Waals surface area contributed by atoms with Crippen molar-refractivity contribution < 1.29 is 19.4 Å². The monoisotopic (exact) mass is 300 g/mol. The summed E-state index contributed by atoms with van der Waals surface area (Å²) in [5.41, 5.74) is 3.15. The van der Waals surface area contributed by atoms with Crippen molar-refractivity contribution in [2.45, 2.75) is 26.4 Å². The molecule has 1 N–H and O–H groups in total. The number of ether oxygens (including phenoxy) is 2. The zero-order valence-corrected chi connectivity index (χ0v) is 13.0. The fourth-order valence-electron chi connectivity index (χ4n) is 2.24. The molecule has 0 radical (unpaired) electrons. The van der Waals surface area contributed by atoms with Gasteiger partial charge in [-0.3, -0.25) is 0 Å². The second-order valence-electron chi connectivity index (χ2n) is 5.26. The van der Waals surface area contributed by atoms with Gasteiger partial charge < -0.3 is 14.6 Å². The Labute approximate surface area is 130 Å². The van der Waals surface area contributed by atoms with Crippen molar-refractivity contribution in [3.05, 3.63) is 59.2 Å². The number of carbonyl (C=O) groups is 1. The van der Waals surface area contributed by atoms with Gasteiger partial charge in [0.25, 0.3) is 0 Å². The Morgan fingerprint density at radius 2 is 1.86 bits per heavy atom. The first-order valence-electron chi connectivity index (χ1n) is 7.09. The van der Waals surface area contributed by atoms with Gasteiger partial charge >= 0.3 is 5.97 Å². The second kappa shape index (κ2) is 6.98. The normalized spacial score (nSPS) is 11.8. The van der Waals surface area contributed by atoms with Crippen LogP contribution in [0.5, 0.6) is 11.5 Å². The van der Waals surface area contributed by atoms with Crippen LogP contribution in [0.4, 0.5) is 0 Å². The number of rotatable bonds is 6. The van der Waals surface area contributed by atoms with Crippen LogP contribution < -0.4 is 9.47 Å². The summed E-state index contributed by atoms with van der Waals surface area (Å²) < 4.78 is 10.8. The molecule has 0 saturated heterocycles. The minimum Gasteiger partial charge on any atom is -0.497 e. The van der Waals surface area contributed by atoms with Crippen molar-refractivity contribution >= 4 is 5.97 Å². The van der Waals surface area contributed by atoms with E-state index in [0.717, 1.165) is 16.7 Å². The zero-order chi connectivity index (χ0) is 16.1. The smallest absolute Gasteiger partial charge is 0.345 e. The van der Waals surface area contributed by atoms with Crippen LogP contribution in [0.25, 0.3) is 0 Å². The summed E-state index contributed by atoms with van der Waals surface area (Å²) in [7, 11) is 1.56. The molecular formula is C18H20O4. The Morgan fingerprint density at radius 1 is 1.14 bits per heavy atom. The van der Waals surface area contributed by atoms with Crippen LogP contribution in [0.15, 0.2) is 42.5 Å².